The number of para-hydroxylation sites is 2. The van der Waals surface area contributed by atoms with Gasteiger partial charge in [-0.15, -0.1) is 0 Å². The van der Waals surface area contributed by atoms with Gasteiger partial charge in [-0.2, -0.15) is 5.10 Å². The lowest BCUT2D eigenvalue weighted by atomic mass is 10.2. The molecular weight excluding hydrogens is 334 g/mol. The van der Waals surface area contributed by atoms with E-state index in [0.29, 0.717) is 23.8 Å². The van der Waals surface area contributed by atoms with E-state index in [1.165, 1.54) is 13.1 Å². The highest BCUT2D eigenvalue weighted by atomic mass is 16.5. The van der Waals surface area contributed by atoms with Crippen LogP contribution in [0.5, 0.6) is 11.5 Å². The van der Waals surface area contributed by atoms with E-state index >= 15 is 0 Å². The van der Waals surface area contributed by atoms with E-state index in [9.17, 15) is 9.59 Å². The van der Waals surface area contributed by atoms with Crippen LogP contribution < -0.4 is 20.2 Å². The molecule has 0 atom stereocenters. The fraction of sp³-hybridized carbons (Fsp3) is 0.211. The van der Waals surface area contributed by atoms with Crippen molar-refractivity contribution >= 4 is 23.7 Å². The van der Waals surface area contributed by atoms with Crippen LogP contribution in [0.15, 0.2) is 53.6 Å². The molecule has 2 rings (SSSR count). The lowest BCUT2D eigenvalue weighted by molar-refractivity contribution is -0.123. The van der Waals surface area contributed by atoms with Crippen molar-refractivity contribution in [3.8, 4) is 11.5 Å². The van der Waals surface area contributed by atoms with Crippen molar-refractivity contribution in [2.24, 2.45) is 5.10 Å². The molecule has 2 aromatic rings. The molecule has 2 aromatic carbocycles. The lowest BCUT2D eigenvalue weighted by Crippen LogP contribution is -2.24. The minimum atomic E-state index is -0.387. The van der Waals surface area contributed by atoms with Crippen molar-refractivity contribution in [1.29, 1.82) is 0 Å². The molecule has 136 valence electrons. The van der Waals surface area contributed by atoms with Crippen LogP contribution in [0.2, 0.25) is 0 Å². The van der Waals surface area contributed by atoms with Gasteiger partial charge in [-0.05, 0) is 36.8 Å². The van der Waals surface area contributed by atoms with Crippen molar-refractivity contribution in [2.75, 3.05) is 18.5 Å². The van der Waals surface area contributed by atoms with E-state index in [-0.39, 0.29) is 18.4 Å². The van der Waals surface area contributed by atoms with Crippen LogP contribution in [-0.2, 0) is 9.59 Å². The zero-order chi connectivity index (χ0) is 18.8. The van der Waals surface area contributed by atoms with E-state index in [4.69, 9.17) is 9.47 Å². The maximum atomic E-state index is 11.8. The molecule has 0 saturated heterocycles. The molecule has 0 aliphatic carbocycles. The first-order chi connectivity index (χ1) is 12.6. The number of nitrogens with zero attached hydrogens (tertiary/aromatic N) is 1. The normalized spacial score (nSPS) is 10.4. The second kappa shape index (κ2) is 9.83. The van der Waals surface area contributed by atoms with Crippen molar-refractivity contribution in [2.45, 2.75) is 13.8 Å². The van der Waals surface area contributed by atoms with Crippen LogP contribution in [0.25, 0.3) is 0 Å². The van der Waals surface area contributed by atoms with Gasteiger partial charge >= 0.3 is 0 Å². The van der Waals surface area contributed by atoms with Crippen molar-refractivity contribution in [3.05, 3.63) is 54.1 Å². The molecule has 2 N–H and O–H groups in total. The Morgan fingerprint density at radius 3 is 2.31 bits per heavy atom. The maximum absolute atomic E-state index is 11.8. The van der Waals surface area contributed by atoms with Crippen LogP contribution in [0.1, 0.15) is 19.4 Å². The van der Waals surface area contributed by atoms with E-state index < -0.39 is 0 Å². The molecule has 0 unspecified atom stereocenters. The Balaban J connectivity index is 1.81. The standard InChI is InChI=1S/C19H21N3O4/c1-3-25-17-6-4-5-7-18(17)26-13-19(24)22-20-12-15-8-10-16(11-9-15)21-14(2)23/h4-12H,3,13H2,1-2H3,(H,21,23)(H,22,24)/b20-12+. The first kappa shape index (κ1) is 19.0. The lowest BCUT2D eigenvalue weighted by Gasteiger charge is -2.10. The SMILES string of the molecule is CCOc1ccccc1OCC(=O)N/N=C/c1ccc(NC(C)=O)cc1. The summed E-state index contributed by atoms with van der Waals surface area (Å²) in [7, 11) is 0. The summed E-state index contributed by atoms with van der Waals surface area (Å²) in [6, 6.07) is 14.2. The number of carbonyl (C=O) groups excluding carboxylic acids is 2. The van der Waals surface area contributed by atoms with Crippen molar-refractivity contribution in [3.63, 3.8) is 0 Å². The molecule has 0 fully saturated rings. The number of hydrogen-bond acceptors (Lipinski definition) is 5. The Morgan fingerprint density at radius 1 is 1.04 bits per heavy atom. The van der Waals surface area contributed by atoms with Gasteiger partial charge in [-0.25, -0.2) is 5.43 Å². The van der Waals surface area contributed by atoms with E-state index in [0.717, 1.165) is 5.56 Å². The van der Waals surface area contributed by atoms with Crippen LogP contribution >= 0.6 is 0 Å². The number of amides is 2. The average Bonchev–Trinajstić information content (AvgIpc) is 2.62. The van der Waals surface area contributed by atoms with Crippen molar-refractivity contribution in [1.82, 2.24) is 5.43 Å². The molecule has 0 radical (unpaired) electrons. The summed E-state index contributed by atoms with van der Waals surface area (Å²) in [5.41, 5.74) is 3.87. The van der Waals surface area contributed by atoms with Crippen LogP contribution in [0.4, 0.5) is 5.69 Å². The highest BCUT2D eigenvalue weighted by molar-refractivity contribution is 5.89. The molecule has 0 spiro atoms. The molecular formula is C19H21N3O4. The number of hydrogen-bond donors (Lipinski definition) is 2. The summed E-state index contributed by atoms with van der Waals surface area (Å²) in [5, 5.41) is 6.55. The third kappa shape index (κ3) is 6.27. The molecule has 0 aromatic heterocycles. The molecule has 0 aliphatic heterocycles. The molecule has 0 saturated carbocycles. The first-order valence-electron chi connectivity index (χ1n) is 8.12. The quantitative estimate of drug-likeness (QED) is 0.563. The zero-order valence-electron chi connectivity index (χ0n) is 14.7. The van der Waals surface area contributed by atoms with Gasteiger partial charge in [0.1, 0.15) is 0 Å². The topological polar surface area (TPSA) is 89.0 Å². The molecule has 0 heterocycles. The van der Waals surface area contributed by atoms with Gasteiger partial charge in [0.15, 0.2) is 18.1 Å². The maximum Gasteiger partial charge on any atom is 0.277 e. The molecule has 7 nitrogen and oxygen atoms in total. The van der Waals surface area contributed by atoms with Gasteiger partial charge in [0.25, 0.3) is 5.91 Å². The Kier molecular flexibility index (Phi) is 7.17. The van der Waals surface area contributed by atoms with Crippen LogP contribution in [-0.4, -0.2) is 31.2 Å². The number of anilines is 1. The second-order valence-corrected chi connectivity index (χ2v) is 5.26. The highest BCUT2D eigenvalue weighted by Gasteiger charge is 2.06. The predicted molar refractivity (Wildman–Crippen MR) is 99.6 cm³/mol. The number of benzene rings is 2. The van der Waals surface area contributed by atoms with E-state index in [1.807, 2.05) is 13.0 Å². The van der Waals surface area contributed by atoms with Gasteiger partial charge in [0, 0.05) is 12.6 Å². The molecule has 26 heavy (non-hydrogen) atoms. The summed E-state index contributed by atoms with van der Waals surface area (Å²) in [5.74, 6) is 0.569. The smallest absolute Gasteiger partial charge is 0.277 e. The second-order valence-electron chi connectivity index (χ2n) is 5.26. The minimum absolute atomic E-state index is 0.135. The minimum Gasteiger partial charge on any atom is -0.490 e. The number of carbonyl (C=O) groups is 2. The first-order valence-corrected chi connectivity index (χ1v) is 8.12. The number of hydrazone groups is 1. The largest absolute Gasteiger partial charge is 0.490 e. The number of rotatable bonds is 8. The molecule has 2 amide bonds. The van der Waals surface area contributed by atoms with Crippen LogP contribution in [0, 0.1) is 0 Å². The summed E-state index contributed by atoms with van der Waals surface area (Å²) in [4.78, 5) is 22.8. The highest BCUT2D eigenvalue weighted by Crippen LogP contribution is 2.26. The van der Waals surface area contributed by atoms with Gasteiger partial charge in [0.05, 0.1) is 12.8 Å². The van der Waals surface area contributed by atoms with Gasteiger partial charge < -0.3 is 14.8 Å². The number of ether oxygens (including phenoxy) is 2. The molecule has 0 aliphatic rings. The summed E-state index contributed by atoms with van der Waals surface area (Å²) < 4.78 is 10.9. The number of nitrogens with one attached hydrogen (secondary N) is 2. The monoisotopic (exact) mass is 355 g/mol. The third-order valence-corrected chi connectivity index (χ3v) is 3.14. The van der Waals surface area contributed by atoms with Gasteiger partial charge in [0.2, 0.25) is 5.91 Å². The van der Waals surface area contributed by atoms with Gasteiger partial charge in [-0.3, -0.25) is 9.59 Å². The third-order valence-electron chi connectivity index (χ3n) is 3.14. The predicted octanol–water partition coefficient (Wildman–Crippen LogP) is 2.57. The zero-order valence-corrected chi connectivity index (χ0v) is 14.7. The van der Waals surface area contributed by atoms with Crippen molar-refractivity contribution < 1.29 is 19.1 Å². The van der Waals surface area contributed by atoms with Crippen LogP contribution in [0.3, 0.4) is 0 Å². The van der Waals surface area contributed by atoms with E-state index in [1.54, 1.807) is 42.5 Å². The fourth-order valence-corrected chi connectivity index (χ4v) is 2.05. The molecule has 0 bridgehead atoms. The summed E-state index contributed by atoms with van der Waals surface area (Å²) in [6.07, 6.45) is 1.50. The molecule has 7 heteroatoms. The fourth-order valence-electron chi connectivity index (χ4n) is 2.05. The summed E-state index contributed by atoms with van der Waals surface area (Å²) >= 11 is 0. The Hall–Kier alpha value is -3.35. The Bertz CT molecular complexity index is 773. The summed E-state index contributed by atoms with van der Waals surface area (Å²) in [6.45, 7) is 3.65. The van der Waals surface area contributed by atoms with Gasteiger partial charge in [-0.1, -0.05) is 24.3 Å². The Morgan fingerprint density at radius 2 is 1.69 bits per heavy atom. The Labute approximate surface area is 152 Å². The average molecular weight is 355 g/mol. The van der Waals surface area contributed by atoms with E-state index in [2.05, 4.69) is 15.8 Å².